The third-order valence-corrected chi connectivity index (χ3v) is 3.73. The summed E-state index contributed by atoms with van der Waals surface area (Å²) in [6.07, 6.45) is 2.91. The molecule has 0 fully saturated rings. The SMILES string of the molecule is O=C(C=Cc1cccc(Cl)c1)OCc1nnc(-c2ccccc2Cl)o1. The van der Waals surface area contributed by atoms with Gasteiger partial charge in [0.15, 0.2) is 6.61 Å². The Labute approximate surface area is 153 Å². The Hall–Kier alpha value is -2.63. The number of benzene rings is 2. The van der Waals surface area contributed by atoms with Crippen molar-refractivity contribution >= 4 is 35.2 Å². The molecular weight excluding hydrogens is 363 g/mol. The quantitative estimate of drug-likeness (QED) is 0.473. The summed E-state index contributed by atoms with van der Waals surface area (Å²) in [5.41, 5.74) is 1.42. The first kappa shape index (κ1) is 17.2. The van der Waals surface area contributed by atoms with Crippen LogP contribution >= 0.6 is 23.2 Å². The van der Waals surface area contributed by atoms with Crippen LogP contribution < -0.4 is 0 Å². The van der Waals surface area contributed by atoms with Crippen molar-refractivity contribution in [2.24, 2.45) is 0 Å². The maximum absolute atomic E-state index is 11.8. The lowest BCUT2D eigenvalue weighted by molar-refractivity contribution is -0.139. The monoisotopic (exact) mass is 374 g/mol. The Balaban J connectivity index is 1.59. The molecule has 0 spiro atoms. The first-order valence-corrected chi connectivity index (χ1v) is 8.05. The molecule has 0 aliphatic carbocycles. The standard InChI is InChI=1S/C18H12Cl2N2O3/c19-13-5-3-4-12(10-13)8-9-17(23)24-11-16-21-22-18(25-16)14-6-1-2-7-15(14)20/h1-10H,11H2. The van der Waals surface area contributed by atoms with Gasteiger partial charge < -0.3 is 9.15 Å². The summed E-state index contributed by atoms with van der Waals surface area (Å²) >= 11 is 12.0. The Morgan fingerprint density at radius 3 is 2.76 bits per heavy atom. The minimum absolute atomic E-state index is 0.129. The number of esters is 1. The number of nitrogens with zero attached hydrogens (tertiary/aromatic N) is 2. The fourth-order valence-electron chi connectivity index (χ4n) is 2.01. The molecule has 2 aromatic carbocycles. The van der Waals surface area contributed by atoms with Crippen molar-refractivity contribution in [2.75, 3.05) is 0 Å². The van der Waals surface area contributed by atoms with E-state index >= 15 is 0 Å². The molecule has 0 saturated heterocycles. The molecule has 0 aliphatic rings. The van der Waals surface area contributed by atoms with Crippen molar-refractivity contribution in [1.29, 1.82) is 0 Å². The Kier molecular flexibility index (Phi) is 5.48. The van der Waals surface area contributed by atoms with Gasteiger partial charge in [0.2, 0.25) is 5.89 Å². The van der Waals surface area contributed by atoms with E-state index in [0.717, 1.165) is 5.56 Å². The highest BCUT2D eigenvalue weighted by molar-refractivity contribution is 6.33. The first-order valence-electron chi connectivity index (χ1n) is 7.29. The van der Waals surface area contributed by atoms with E-state index in [4.69, 9.17) is 32.4 Å². The Morgan fingerprint density at radius 2 is 1.96 bits per heavy atom. The van der Waals surface area contributed by atoms with E-state index in [2.05, 4.69) is 10.2 Å². The predicted octanol–water partition coefficient (Wildman–Crippen LogP) is 4.80. The van der Waals surface area contributed by atoms with Gasteiger partial charge in [0.25, 0.3) is 5.89 Å². The number of hydrogen-bond donors (Lipinski definition) is 0. The minimum Gasteiger partial charge on any atom is -0.452 e. The third kappa shape index (κ3) is 4.68. The molecule has 5 nitrogen and oxygen atoms in total. The van der Waals surface area contributed by atoms with Crippen LogP contribution in [0.4, 0.5) is 0 Å². The molecule has 0 amide bonds. The number of rotatable bonds is 5. The van der Waals surface area contributed by atoms with Crippen molar-refractivity contribution in [3.63, 3.8) is 0 Å². The molecule has 3 rings (SSSR count). The second-order valence-corrected chi connectivity index (χ2v) is 5.82. The van der Waals surface area contributed by atoms with Crippen LogP contribution in [0.3, 0.4) is 0 Å². The van der Waals surface area contributed by atoms with Gasteiger partial charge in [-0.2, -0.15) is 0 Å². The van der Waals surface area contributed by atoms with Gasteiger partial charge >= 0.3 is 5.97 Å². The number of halogens is 2. The summed E-state index contributed by atoms with van der Waals surface area (Å²) in [5, 5.41) is 8.84. The molecule has 7 heteroatoms. The third-order valence-electron chi connectivity index (χ3n) is 3.17. The smallest absolute Gasteiger partial charge is 0.331 e. The topological polar surface area (TPSA) is 65.2 Å². The summed E-state index contributed by atoms with van der Waals surface area (Å²) in [5.74, 6) is -0.0805. The van der Waals surface area contributed by atoms with E-state index in [1.54, 1.807) is 42.5 Å². The summed E-state index contributed by atoms with van der Waals surface area (Å²) in [6, 6.07) is 14.2. The second-order valence-electron chi connectivity index (χ2n) is 4.98. The van der Waals surface area contributed by atoms with Gasteiger partial charge in [0.1, 0.15) is 0 Å². The van der Waals surface area contributed by atoms with Crippen LogP contribution in [0.5, 0.6) is 0 Å². The van der Waals surface area contributed by atoms with E-state index in [-0.39, 0.29) is 18.4 Å². The number of ether oxygens (including phenoxy) is 1. The van der Waals surface area contributed by atoms with Crippen molar-refractivity contribution < 1.29 is 13.9 Å². The summed E-state index contributed by atoms with van der Waals surface area (Å²) in [4.78, 5) is 11.8. The number of aromatic nitrogens is 2. The van der Waals surface area contributed by atoms with E-state index in [1.807, 2.05) is 12.1 Å². The normalized spacial score (nSPS) is 11.0. The zero-order valence-electron chi connectivity index (χ0n) is 12.9. The molecule has 0 atom stereocenters. The van der Waals surface area contributed by atoms with Crippen molar-refractivity contribution in [3.05, 3.63) is 76.1 Å². The predicted molar refractivity (Wildman–Crippen MR) is 95.0 cm³/mol. The maximum atomic E-state index is 11.8. The van der Waals surface area contributed by atoms with Crippen LogP contribution in [-0.2, 0) is 16.1 Å². The van der Waals surface area contributed by atoms with E-state index < -0.39 is 5.97 Å². The van der Waals surface area contributed by atoms with Gasteiger partial charge in [-0.25, -0.2) is 4.79 Å². The van der Waals surface area contributed by atoms with Crippen LogP contribution in [0.1, 0.15) is 11.5 Å². The minimum atomic E-state index is -0.530. The van der Waals surface area contributed by atoms with Crippen molar-refractivity contribution in [3.8, 4) is 11.5 Å². The van der Waals surface area contributed by atoms with Gasteiger partial charge in [0.05, 0.1) is 10.6 Å². The van der Waals surface area contributed by atoms with Gasteiger partial charge in [-0.05, 0) is 35.9 Å². The van der Waals surface area contributed by atoms with E-state index in [0.29, 0.717) is 15.6 Å². The molecule has 1 aromatic heterocycles. The summed E-state index contributed by atoms with van der Waals surface area (Å²) in [6.45, 7) is -0.129. The van der Waals surface area contributed by atoms with Crippen LogP contribution in [0.25, 0.3) is 17.5 Å². The zero-order chi connectivity index (χ0) is 17.6. The van der Waals surface area contributed by atoms with Gasteiger partial charge in [-0.3, -0.25) is 0 Å². The molecular formula is C18H12Cl2N2O3. The van der Waals surface area contributed by atoms with Crippen LogP contribution in [0, 0.1) is 0 Å². The average Bonchev–Trinajstić information content (AvgIpc) is 3.07. The van der Waals surface area contributed by atoms with E-state index in [9.17, 15) is 4.79 Å². The summed E-state index contributed by atoms with van der Waals surface area (Å²) in [7, 11) is 0. The lowest BCUT2D eigenvalue weighted by atomic mass is 10.2. The lowest BCUT2D eigenvalue weighted by Gasteiger charge is -1.98. The van der Waals surface area contributed by atoms with Crippen LogP contribution in [0.2, 0.25) is 10.0 Å². The van der Waals surface area contributed by atoms with Gasteiger partial charge in [-0.1, -0.05) is 47.5 Å². The molecule has 0 N–H and O–H groups in total. The molecule has 3 aromatic rings. The molecule has 1 heterocycles. The largest absolute Gasteiger partial charge is 0.452 e. The lowest BCUT2D eigenvalue weighted by Crippen LogP contribution is -2.00. The molecule has 0 bridgehead atoms. The molecule has 25 heavy (non-hydrogen) atoms. The number of carbonyl (C=O) groups is 1. The molecule has 0 radical (unpaired) electrons. The Bertz CT molecular complexity index is 922. The summed E-state index contributed by atoms with van der Waals surface area (Å²) < 4.78 is 10.5. The van der Waals surface area contributed by atoms with E-state index in [1.165, 1.54) is 6.08 Å². The number of carbonyl (C=O) groups excluding carboxylic acids is 1. The fourth-order valence-corrected chi connectivity index (χ4v) is 2.43. The van der Waals surface area contributed by atoms with Gasteiger partial charge in [-0.15, -0.1) is 10.2 Å². The molecule has 126 valence electrons. The highest BCUT2D eigenvalue weighted by Gasteiger charge is 2.12. The average molecular weight is 375 g/mol. The molecule has 0 saturated carbocycles. The highest BCUT2D eigenvalue weighted by atomic mass is 35.5. The van der Waals surface area contributed by atoms with Crippen molar-refractivity contribution in [1.82, 2.24) is 10.2 Å². The fraction of sp³-hybridized carbons (Fsp3) is 0.0556. The Morgan fingerprint density at radius 1 is 1.12 bits per heavy atom. The highest BCUT2D eigenvalue weighted by Crippen LogP contribution is 2.26. The molecule has 0 unspecified atom stereocenters. The van der Waals surface area contributed by atoms with Crippen LogP contribution in [0.15, 0.2) is 59.0 Å². The van der Waals surface area contributed by atoms with Crippen LogP contribution in [-0.4, -0.2) is 16.2 Å². The first-order chi connectivity index (χ1) is 12.1. The molecule has 0 aliphatic heterocycles. The maximum Gasteiger partial charge on any atom is 0.331 e. The second kappa shape index (κ2) is 7.96. The van der Waals surface area contributed by atoms with Crippen molar-refractivity contribution in [2.45, 2.75) is 6.61 Å². The van der Waals surface area contributed by atoms with Gasteiger partial charge in [0, 0.05) is 11.1 Å². The number of hydrogen-bond acceptors (Lipinski definition) is 5. The zero-order valence-corrected chi connectivity index (χ0v) is 14.4.